The number of benzene rings is 4. The van der Waals surface area contributed by atoms with Crippen LogP contribution < -0.4 is 20.9 Å². The first-order chi connectivity index (χ1) is 19.9. The first kappa shape index (κ1) is 27.3. The molecule has 0 spiro atoms. The minimum Gasteiger partial charge on any atom is -0.348 e. The van der Waals surface area contributed by atoms with Crippen LogP contribution in [0.1, 0.15) is 38.3 Å². The maximum atomic E-state index is 13.0. The normalized spacial score (nSPS) is 14.4. The van der Waals surface area contributed by atoms with Crippen molar-refractivity contribution in [3.8, 4) is 0 Å². The van der Waals surface area contributed by atoms with E-state index >= 15 is 0 Å². The highest BCUT2D eigenvalue weighted by molar-refractivity contribution is 6.09. The van der Waals surface area contributed by atoms with Gasteiger partial charge in [0, 0.05) is 36.4 Å². The lowest BCUT2D eigenvalue weighted by atomic mass is 10.1. The van der Waals surface area contributed by atoms with Gasteiger partial charge >= 0.3 is 0 Å². The molecule has 8 heteroatoms. The van der Waals surface area contributed by atoms with E-state index in [1.165, 1.54) is 0 Å². The van der Waals surface area contributed by atoms with E-state index in [0.29, 0.717) is 35.6 Å². The lowest BCUT2D eigenvalue weighted by Crippen LogP contribution is -2.28. The molecule has 4 aromatic rings. The van der Waals surface area contributed by atoms with E-state index in [0.717, 1.165) is 16.8 Å². The Kier molecular flexibility index (Phi) is 8.20. The van der Waals surface area contributed by atoms with E-state index in [1.807, 2.05) is 61.5 Å². The molecule has 0 aliphatic carbocycles. The van der Waals surface area contributed by atoms with Gasteiger partial charge in [-0.25, -0.2) is 0 Å². The lowest BCUT2D eigenvalue weighted by Gasteiger charge is -2.16. The summed E-state index contributed by atoms with van der Waals surface area (Å²) in [6.45, 7) is 2.69. The van der Waals surface area contributed by atoms with E-state index in [2.05, 4.69) is 16.0 Å². The number of aryl methyl sites for hydroxylation is 1. The number of carbonyl (C=O) groups excluding carboxylic acids is 4. The highest BCUT2D eigenvalue weighted by Crippen LogP contribution is 2.26. The number of nitrogens with one attached hydrogen (secondary N) is 3. The molecule has 1 heterocycles. The Morgan fingerprint density at radius 3 is 2.20 bits per heavy atom. The minimum absolute atomic E-state index is 0.0903. The third-order valence-corrected chi connectivity index (χ3v) is 6.97. The van der Waals surface area contributed by atoms with E-state index in [-0.39, 0.29) is 30.0 Å². The fourth-order valence-corrected chi connectivity index (χ4v) is 4.66. The van der Waals surface area contributed by atoms with Crippen LogP contribution in [0.2, 0.25) is 0 Å². The standard InChI is InChI=1S/C33H30N4O4/c1-22-11-13-23(14-12-22)20-34-33(41)28-9-5-6-10-29(28)36-31(39)24-15-17-26(18-16-24)35-32(40)25-19-30(38)37(21-25)27-7-3-2-4-8-27/h2-18,25H,19-21H2,1H3,(H,34,41)(H,35,40)(H,36,39). The first-order valence-electron chi connectivity index (χ1n) is 13.4. The zero-order valence-electron chi connectivity index (χ0n) is 22.6. The van der Waals surface area contributed by atoms with Gasteiger partial charge in [-0.3, -0.25) is 19.2 Å². The molecular weight excluding hydrogens is 516 g/mol. The molecule has 206 valence electrons. The smallest absolute Gasteiger partial charge is 0.255 e. The largest absolute Gasteiger partial charge is 0.348 e. The van der Waals surface area contributed by atoms with E-state index in [4.69, 9.17) is 0 Å². The topological polar surface area (TPSA) is 108 Å². The number of anilines is 3. The number of carbonyl (C=O) groups is 4. The first-order valence-corrected chi connectivity index (χ1v) is 13.4. The molecule has 1 atom stereocenters. The average Bonchev–Trinajstić information content (AvgIpc) is 3.39. The predicted molar refractivity (Wildman–Crippen MR) is 159 cm³/mol. The van der Waals surface area contributed by atoms with Crippen molar-refractivity contribution in [2.45, 2.75) is 19.9 Å². The summed E-state index contributed by atoms with van der Waals surface area (Å²) < 4.78 is 0. The second-order valence-corrected chi connectivity index (χ2v) is 9.98. The van der Waals surface area contributed by atoms with E-state index in [9.17, 15) is 19.2 Å². The van der Waals surface area contributed by atoms with Gasteiger partial charge in [0.25, 0.3) is 11.8 Å². The number of amides is 4. The van der Waals surface area contributed by atoms with Crippen molar-refractivity contribution >= 4 is 40.7 Å². The molecule has 41 heavy (non-hydrogen) atoms. The van der Waals surface area contributed by atoms with E-state index < -0.39 is 5.92 Å². The Morgan fingerprint density at radius 1 is 0.780 bits per heavy atom. The van der Waals surface area contributed by atoms with Crippen LogP contribution in [-0.2, 0) is 16.1 Å². The Labute approximate surface area is 238 Å². The molecule has 1 saturated heterocycles. The molecule has 0 bridgehead atoms. The Hall–Kier alpha value is -5.24. The van der Waals surface area contributed by atoms with Gasteiger partial charge in [0.15, 0.2) is 0 Å². The van der Waals surface area contributed by atoms with Crippen molar-refractivity contribution in [2.75, 3.05) is 22.1 Å². The summed E-state index contributed by atoms with van der Waals surface area (Å²) in [6, 6.07) is 30.5. The summed E-state index contributed by atoms with van der Waals surface area (Å²) in [7, 11) is 0. The summed E-state index contributed by atoms with van der Waals surface area (Å²) in [5.74, 6) is -1.50. The summed E-state index contributed by atoms with van der Waals surface area (Å²) in [5, 5.41) is 8.55. The molecule has 3 N–H and O–H groups in total. The van der Waals surface area contributed by atoms with Crippen molar-refractivity contribution in [1.29, 1.82) is 0 Å². The SMILES string of the molecule is Cc1ccc(CNC(=O)c2ccccc2NC(=O)c2ccc(NC(=O)C3CC(=O)N(c4ccccc4)C3)cc2)cc1. The zero-order chi connectivity index (χ0) is 28.8. The van der Waals surface area contributed by atoms with Gasteiger partial charge in [0.1, 0.15) is 0 Å². The molecule has 0 aromatic heterocycles. The maximum Gasteiger partial charge on any atom is 0.255 e. The van der Waals surface area contributed by atoms with Crippen LogP contribution in [0.15, 0.2) is 103 Å². The highest BCUT2D eigenvalue weighted by Gasteiger charge is 2.35. The van der Waals surface area contributed by atoms with Crippen LogP contribution in [-0.4, -0.2) is 30.2 Å². The van der Waals surface area contributed by atoms with Crippen LogP contribution >= 0.6 is 0 Å². The van der Waals surface area contributed by atoms with Crippen LogP contribution in [0.3, 0.4) is 0 Å². The molecule has 4 aromatic carbocycles. The van der Waals surface area contributed by atoms with Crippen LogP contribution in [0.4, 0.5) is 17.1 Å². The number of nitrogens with zero attached hydrogens (tertiary/aromatic N) is 1. The molecule has 1 aliphatic rings. The van der Waals surface area contributed by atoms with Crippen molar-refractivity contribution in [1.82, 2.24) is 5.32 Å². The van der Waals surface area contributed by atoms with Gasteiger partial charge in [-0.15, -0.1) is 0 Å². The molecule has 0 saturated carbocycles. The average molecular weight is 547 g/mol. The maximum absolute atomic E-state index is 13.0. The number of rotatable bonds is 8. The quantitative estimate of drug-likeness (QED) is 0.283. The van der Waals surface area contributed by atoms with Gasteiger partial charge in [0.05, 0.1) is 17.2 Å². The van der Waals surface area contributed by atoms with Crippen LogP contribution in [0.5, 0.6) is 0 Å². The van der Waals surface area contributed by atoms with Gasteiger partial charge in [-0.05, 0) is 61.0 Å². The van der Waals surface area contributed by atoms with Crippen LogP contribution in [0, 0.1) is 12.8 Å². The highest BCUT2D eigenvalue weighted by atomic mass is 16.2. The molecule has 0 radical (unpaired) electrons. The third-order valence-electron chi connectivity index (χ3n) is 6.97. The third kappa shape index (κ3) is 6.67. The fourth-order valence-electron chi connectivity index (χ4n) is 4.66. The summed E-state index contributed by atoms with van der Waals surface area (Å²) in [4.78, 5) is 52.8. The second kappa shape index (κ2) is 12.3. The minimum atomic E-state index is -0.473. The van der Waals surface area contributed by atoms with Gasteiger partial charge in [-0.2, -0.15) is 0 Å². The number of hydrogen-bond acceptors (Lipinski definition) is 4. The molecule has 5 rings (SSSR count). The number of para-hydroxylation sites is 2. The molecule has 1 fully saturated rings. The predicted octanol–water partition coefficient (Wildman–Crippen LogP) is 5.17. The van der Waals surface area contributed by atoms with Crippen molar-refractivity contribution in [2.24, 2.45) is 5.92 Å². The summed E-state index contributed by atoms with van der Waals surface area (Å²) in [6.07, 6.45) is 0.138. The van der Waals surface area contributed by atoms with Crippen LogP contribution in [0.25, 0.3) is 0 Å². The summed E-state index contributed by atoms with van der Waals surface area (Å²) >= 11 is 0. The fraction of sp³-hybridized carbons (Fsp3) is 0.152. The lowest BCUT2D eigenvalue weighted by molar-refractivity contribution is -0.122. The molecule has 1 unspecified atom stereocenters. The van der Waals surface area contributed by atoms with Crippen molar-refractivity contribution in [3.63, 3.8) is 0 Å². The van der Waals surface area contributed by atoms with Crippen molar-refractivity contribution < 1.29 is 19.2 Å². The molecule has 1 aliphatic heterocycles. The van der Waals surface area contributed by atoms with Gasteiger partial charge in [0.2, 0.25) is 11.8 Å². The van der Waals surface area contributed by atoms with E-state index in [1.54, 1.807) is 53.4 Å². The monoisotopic (exact) mass is 546 g/mol. The molecule has 8 nitrogen and oxygen atoms in total. The molecule has 4 amide bonds. The van der Waals surface area contributed by atoms with Gasteiger partial charge in [-0.1, -0.05) is 60.2 Å². The Balaban J connectivity index is 1.17. The zero-order valence-corrected chi connectivity index (χ0v) is 22.6. The Morgan fingerprint density at radius 2 is 1.46 bits per heavy atom. The second-order valence-electron chi connectivity index (χ2n) is 9.98. The number of hydrogen-bond donors (Lipinski definition) is 3. The van der Waals surface area contributed by atoms with Crippen molar-refractivity contribution in [3.05, 3.63) is 125 Å². The van der Waals surface area contributed by atoms with Gasteiger partial charge < -0.3 is 20.9 Å². The molecular formula is C33H30N4O4. The summed E-state index contributed by atoms with van der Waals surface area (Å²) in [5.41, 5.74) is 4.53. The Bertz CT molecular complexity index is 1570.